The molecule has 0 aromatic heterocycles. The van der Waals surface area contributed by atoms with Gasteiger partial charge in [-0.2, -0.15) is 0 Å². The molecule has 2 heterocycles. The molecule has 1 N–H and O–H groups in total. The van der Waals surface area contributed by atoms with Crippen molar-refractivity contribution in [1.82, 2.24) is 15.1 Å². The third kappa shape index (κ3) is 3.83. The molecule has 2 aromatic rings. The Hall–Kier alpha value is -3.49. The van der Waals surface area contributed by atoms with Crippen molar-refractivity contribution >= 4 is 23.5 Å². The first-order chi connectivity index (χ1) is 14.8. The molecule has 0 radical (unpaired) electrons. The highest BCUT2D eigenvalue weighted by molar-refractivity contribution is 6.09. The van der Waals surface area contributed by atoms with Gasteiger partial charge < -0.3 is 15.1 Å². The van der Waals surface area contributed by atoms with E-state index >= 15 is 0 Å². The molecule has 2 aliphatic heterocycles. The second kappa shape index (κ2) is 7.98. The van der Waals surface area contributed by atoms with Crippen molar-refractivity contribution < 1.29 is 23.2 Å². The highest BCUT2D eigenvalue weighted by Crippen LogP contribution is 2.29. The fraction of sp³-hybridized carbons (Fsp3) is 0.318. The number of nitrogens with zero attached hydrogens (tertiary/aromatic N) is 3. The summed E-state index contributed by atoms with van der Waals surface area (Å²) in [5, 5.41) is 2.60. The lowest BCUT2D eigenvalue weighted by Gasteiger charge is -2.36. The molecule has 2 fully saturated rings. The van der Waals surface area contributed by atoms with Gasteiger partial charge in [-0.3, -0.25) is 14.5 Å². The van der Waals surface area contributed by atoms with Crippen LogP contribution in [0, 0.1) is 11.6 Å². The van der Waals surface area contributed by atoms with Crippen LogP contribution in [-0.4, -0.2) is 60.4 Å². The topological polar surface area (TPSA) is 73.0 Å². The lowest BCUT2D eigenvalue weighted by atomic mass is 9.92. The smallest absolute Gasteiger partial charge is 0.325 e. The number of piperazine rings is 1. The molecule has 2 aliphatic rings. The van der Waals surface area contributed by atoms with E-state index < -0.39 is 23.3 Å². The number of anilines is 1. The average Bonchev–Trinajstić information content (AvgIpc) is 2.98. The molecule has 31 heavy (non-hydrogen) atoms. The largest absolute Gasteiger partial charge is 0.366 e. The van der Waals surface area contributed by atoms with Gasteiger partial charge in [-0.1, -0.05) is 24.3 Å². The van der Waals surface area contributed by atoms with Crippen LogP contribution in [0.4, 0.5) is 19.3 Å². The molecule has 4 amide bonds. The number of amides is 4. The number of carbonyl (C=O) groups excluding carboxylic acids is 3. The molecule has 0 saturated carbocycles. The first kappa shape index (κ1) is 20.8. The van der Waals surface area contributed by atoms with Crippen molar-refractivity contribution in [2.75, 3.05) is 37.6 Å². The summed E-state index contributed by atoms with van der Waals surface area (Å²) in [5.41, 5.74) is -0.450. The van der Waals surface area contributed by atoms with E-state index in [-0.39, 0.29) is 18.3 Å². The van der Waals surface area contributed by atoms with Gasteiger partial charge in [0.25, 0.3) is 5.91 Å². The summed E-state index contributed by atoms with van der Waals surface area (Å²) >= 11 is 0. The van der Waals surface area contributed by atoms with Crippen LogP contribution in [0.1, 0.15) is 12.5 Å². The average molecular weight is 428 g/mol. The van der Waals surface area contributed by atoms with Crippen LogP contribution < -0.4 is 10.2 Å². The molecular formula is C22H22F2N4O3. The minimum Gasteiger partial charge on any atom is -0.366 e. The van der Waals surface area contributed by atoms with Crippen LogP contribution in [0.2, 0.25) is 0 Å². The summed E-state index contributed by atoms with van der Waals surface area (Å²) in [6.07, 6.45) is 0. The second-order valence-electron chi connectivity index (χ2n) is 7.77. The Balaban J connectivity index is 1.40. The third-order valence-corrected chi connectivity index (χ3v) is 5.82. The zero-order valence-corrected chi connectivity index (χ0v) is 17.0. The van der Waals surface area contributed by atoms with Crippen LogP contribution in [0.3, 0.4) is 0 Å². The second-order valence-corrected chi connectivity index (χ2v) is 7.77. The van der Waals surface area contributed by atoms with E-state index in [1.165, 1.54) is 37.3 Å². The molecule has 1 unspecified atom stereocenters. The highest BCUT2D eigenvalue weighted by atomic mass is 19.1. The third-order valence-electron chi connectivity index (χ3n) is 5.82. The minimum atomic E-state index is -1.37. The fourth-order valence-electron chi connectivity index (χ4n) is 3.96. The van der Waals surface area contributed by atoms with Crippen molar-refractivity contribution in [3.05, 3.63) is 65.7 Å². The van der Waals surface area contributed by atoms with E-state index in [0.29, 0.717) is 37.4 Å². The highest BCUT2D eigenvalue weighted by Gasteiger charge is 2.49. The monoisotopic (exact) mass is 428 g/mol. The predicted molar refractivity (Wildman–Crippen MR) is 109 cm³/mol. The van der Waals surface area contributed by atoms with E-state index in [2.05, 4.69) is 5.32 Å². The number of urea groups is 1. The maximum Gasteiger partial charge on any atom is 0.325 e. The molecule has 0 spiro atoms. The number of halogens is 2. The Morgan fingerprint density at radius 1 is 1.00 bits per heavy atom. The molecule has 4 rings (SSSR count). The van der Waals surface area contributed by atoms with Crippen molar-refractivity contribution in [3.8, 4) is 0 Å². The predicted octanol–water partition coefficient (Wildman–Crippen LogP) is 2.08. The molecule has 2 aromatic carbocycles. The number of benzene rings is 2. The molecule has 9 heteroatoms. The van der Waals surface area contributed by atoms with E-state index in [1.807, 2.05) is 4.90 Å². The summed E-state index contributed by atoms with van der Waals surface area (Å²) in [7, 11) is 0. The van der Waals surface area contributed by atoms with Gasteiger partial charge in [-0.25, -0.2) is 13.6 Å². The molecule has 7 nitrogen and oxygen atoms in total. The minimum absolute atomic E-state index is 0.318. The van der Waals surface area contributed by atoms with Crippen LogP contribution in [-0.2, 0) is 15.1 Å². The molecule has 2 saturated heterocycles. The Labute approximate surface area is 178 Å². The Morgan fingerprint density at radius 2 is 1.65 bits per heavy atom. The normalized spacial score (nSPS) is 21.5. The number of carbonyl (C=O) groups is 3. The van der Waals surface area contributed by atoms with Gasteiger partial charge in [0.15, 0.2) is 0 Å². The fourth-order valence-corrected chi connectivity index (χ4v) is 3.96. The molecule has 1 atom stereocenters. The van der Waals surface area contributed by atoms with Crippen molar-refractivity contribution in [3.63, 3.8) is 0 Å². The van der Waals surface area contributed by atoms with Crippen molar-refractivity contribution in [1.29, 1.82) is 0 Å². The Morgan fingerprint density at radius 3 is 2.29 bits per heavy atom. The standard InChI is InChI=1S/C22H22F2N4O3/c1-22(15-6-8-16(23)9-7-15)20(30)28(21(31)25-22)14-19(29)27-12-10-26(11-13-27)18-5-3-2-4-17(18)24/h2-9H,10-14H2,1H3,(H,25,31). The molecule has 0 aliphatic carbocycles. The van der Waals surface area contributed by atoms with Crippen LogP contribution in [0.5, 0.6) is 0 Å². The number of hydrogen-bond acceptors (Lipinski definition) is 4. The molecule has 0 bridgehead atoms. The lowest BCUT2D eigenvalue weighted by molar-refractivity contribution is -0.139. The molecule has 162 valence electrons. The number of imide groups is 1. The maximum atomic E-state index is 14.0. The summed E-state index contributed by atoms with van der Waals surface area (Å²) < 4.78 is 27.2. The number of rotatable bonds is 4. The zero-order valence-electron chi connectivity index (χ0n) is 17.0. The zero-order chi connectivity index (χ0) is 22.2. The van der Waals surface area contributed by atoms with Gasteiger partial charge in [-0.05, 0) is 36.8 Å². The lowest BCUT2D eigenvalue weighted by Crippen LogP contribution is -2.52. The maximum absolute atomic E-state index is 14.0. The van der Waals surface area contributed by atoms with E-state index in [0.717, 1.165) is 4.90 Å². The Bertz CT molecular complexity index is 1020. The van der Waals surface area contributed by atoms with Crippen LogP contribution in [0.25, 0.3) is 0 Å². The molecular weight excluding hydrogens is 406 g/mol. The van der Waals surface area contributed by atoms with E-state index in [4.69, 9.17) is 0 Å². The summed E-state index contributed by atoms with van der Waals surface area (Å²) in [6.45, 7) is 2.73. The van der Waals surface area contributed by atoms with Gasteiger partial charge in [0, 0.05) is 26.2 Å². The number of hydrogen-bond donors (Lipinski definition) is 1. The quantitative estimate of drug-likeness (QED) is 0.757. The van der Waals surface area contributed by atoms with Gasteiger partial charge in [0.2, 0.25) is 5.91 Å². The number of para-hydroxylation sites is 1. The summed E-state index contributed by atoms with van der Waals surface area (Å²) in [6, 6.07) is 11.1. The van der Waals surface area contributed by atoms with Crippen LogP contribution in [0.15, 0.2) is 48.5 Å². The summed E-state index contributed by atoms with van der Waals surface area (Å²) in [5.74, 6) is -1.70. The Kier molecular flexibility index (Phi) is 5.34. The van der Waals surface area contributed by atoms with Crippen molar-refractivity contribution in [2.24, 2.45) is 0 Å². The number of nitrogens with one attached hydrogen (secondary N) is 1. The first-order valence-electron chi connectivity index (χ1n) is 9.97. The van der Waals surface area contributed by atoms with Crippen molar-refractivity contribution in [2.45, 2.75) is 12.5 Å². The SMILES string of the molecule is CC1(c2ccc(F)cc2)NC(=O)N(CC(=O)N2CCN(c3ccccc3F)CC2)C1=O. The summed E-state index contributed by atoms with van der Waals surface area (Å²) in [4.78, 5) is 42.4. The van der Waals surface area contributed by atoms with Gasteiger partial charge in [0.05, 0.1) is 5.69 Å². The van der Waals surface area contributed by atoms with E-state index in [9.17, 15) is 23.2 Å². The van der Waals surface area contributed by atoms with Gasteiger partial charge in [0.1, 0.15) is 23.7 Å². The van der Waals surface area contributed by atoms with Gasteiger partial charge in [-0.15, -0.1) is 0 Å². The van der Waals surface area contributed by atoms with E-state index in [1.54, 1.807) is 23.1 Å². The van der Waals surface area contributed by atoms with Crippen LogP contribution >= 0.6 is 0 Å². The first-order valence-corrected chi connectivity index (χ1v) is 9.97. The van der Waals surface area contributed by atoms with Gasteiger partial charge >= 0.3 is 6.03 Å².